The summed E-state index contributed by atoms with van der Waals surface area (Å²) < 4.78 is 38.7. The maximum absolute atomic E-state index is 12.6. The molecule has 0 bridgehead atoms. The van der Waals surface area contributed by atoms with Crippen LogP contribution in [0.3, 0.4) is 0 Å². The molecule has 10 heteroatoms. The van der Waals surface area contributed by atoms with Gasteiger partial charge < -0.3 is 4.90 Å². The van der Waals surface area contributed by atoms with Gasteiger partial charge in [-0.3, -0.25) is 0 Å². The Morgan fingerprint density at radius 1 is 1.05 bits per heavy atom. The Bertz CT molecular complexity index is 650. The molecule has 0 amide bonds. The molecular weight excluding hydrogens is 309 g/mol. The molecule has 1 aliphatic rings. The van der Waals surface area contributed by atoms with Crippen molar-refractivity contribution in [3.8, 4) is 5.95 Å². The van der Waals surface area contributed by atoms with E-state index < -0.39 is 11.7 Å². The molecule has 1 saturated heterocycles. The first-order valence-corrected chi connectivity index (χ1v) is 6.60. The van der Waals surface area contributed by atoms with Gasteiger partial charge in [0.15, 0.2) is 0 Å². The molecule has 0 unspecified atom stereocenters. The normalized spacial score (nSPS) is 15.7. The summed E-state index contributed by atoms with van der Waals surface area (Å²) in [6.45, 7) is 1.57. The van der Waals surface area contributed by atoms with Crippen LogP contribution >= 0.6 is 11.6 Å². The molecule has 0 aliphatic carbocycles. The van der Waals surface area contributed by atoms with Crippen LogP contribution in [0.25, 0.3) is 5.95 Å². The molecular formula is C11H10ClF3N6. The highest BCUT2D eigenvalue weighted by Gasteiger charge is 2.32. The molecule has 2 aromatic heterocycles. The third-order valence-electron chi connectivity index (χ3n) is 3.09. The minimum atomic E-state index is -4.47. The Morgan fingerprint density at radius 2 is 1.71 bits per heavy atom. The van der Waals surface area contributed by atoms with E-state index in [2.05, 4.69) is 20.1 Å². The van der Waals surface area contributed by atoms with Crippen LogP contribution in [-0.4, -0.2) is 37.8 Å². The van der Waals surface area contributed by atoms with Gasteiger partial charge in [0.2, 0.25) is 11.2 Å². The second kappa shape index (κ2) is 5.14. The third-order valence-corrected chi connectivity index (χ3v) is 3.26. The van der Waals surface area contributed by atoms with E-state index in [0.717, 1.165) is 36.8 Å². The van der Waals surface area contributed by atoms with Crippen LogP contribution < -0.4 is 4.90 Å². The summed E-state index contributed by atoms with van der Waals surface area (Å²) in [5.74, 6) is 0.318. The lowest BCUT2D eigenvalue weighted by Crippen LogP contribution is -2.21. The minimum Gasteiger partial charge on any atom is -0.341 e. The van der Waals surface area contributed by atoms with Gasteiger partial charge in [0.1, 0.15) is 0 Å². The van der Waals surface area contributed by atoms with E-state index in [1.807, 2.05) is 4.90 Å². The molecule has 3 heterocycles. The van der Waals surface area contributed by atoms with Crippen LogP contribution in [0.15, 0.2) is 12.4 Å². The first kappa shape index (κ1) is 14.1. The zero-order valence-corrected chi connectivity index (χ0v) is 11.4. The molecule has 0 radical (unpaired) electrons. The average Bonchev–Trinajstić information content (AvgIpc) is 3.09. The van der Waals surface area contributed by atoms with Gasteiger partial charge in [-0.05, 0) is 24.4 Å². The zero-order valence-electron chi connectivity index (χ0n) is 10.7. The Balaban J connectivity index is 1.96. The predicted octanol–water partition coefficient (Wildman–Crippen LogP) is 2.33. The summed E-state index contributed by atoms with van der Waals surface area (Å²) in [5, 5.41) is 3.55. The van der Waals surface area contributed by atoms with Crippen molar-refractivity contribution in [1.82, 2.24) is 24.7 Å². The van der Waals surface area contributed by atoms with Crippen molar-refractivity contribution < 1.29 is 13.2 Å². The average molecular weight is 319 g/mol. The maximum atomic E-state index is 12.6. The monoisotopic (exact) mass is 318 g/mol. The fourth-order valence-corrected chi connectivity index (χ4v) is 2.22. The van der Waals surface area contributed by atoms with E-state index >= 15 is 0 Å². The highest BCUT2D eigenvalue weighted by atomic mass is 35.5. The Hall–Kier alpha value is -1.90. The lowest BCUT2D eigenvalue weighted by Gasteiger charge is -2.15. The molecule has 0 spiro atoms. The van der Waals surface area contributed by atoms with Gasteiger partial charge in [0.05, 0.1) is 11.8 Å². The Labute approximate surface area is 122 Å². The first-order valence-electron chi connectivity index (χ1n) is 6.22. The number of hydrogen-bond donors (Lipinski definition) is 0. The van der Waals surface area contributed by atoms with Crippen molar-refractivity contribution in [1.29, 1.82) is 0 Å². The Morgan fingerprint density at radius 3 is 2.33 bits per heavy atom. The van der Waals surface area contributed by atoms with Crippen molar-refractivity contribution in [2.24, 2.45) is 0 Å². The number of nitrogens with zero attached hydrogens (tertiary/aromatic N) is 6. The van der Waals surface area contributed by atoms with Gasteiger partial charge in [-0.15, -0.1) is 0 Å². The molecule has 0 N–H and O–H groups in total. The third kappa shape index (κ3) is 2.92. The van der Waals surface area contributed by atoms with Gasteiger partial charge in [-0.25, -0.2) is 4.68 Å². The van der Waals surface area contributed by atoms with Crippen LogP contribution in [0.5, 0.6) is 0 Å². The number of alkyl halides is 3. The predicted molar refractivity (Wildman–Crippen MR) is 68.4 cm³/mol. The summed E-state index contributed by atoms with van der Waals surface area (Å²) >= 11 is 5.82. The van der Waals surface area contributed by atoms with Gasteiger partial charge >= 0.3 is 6.18 Å². The van der Waals surface area contributed by atoms with Crippen LogP contribution in [-0.2, 0) is 6.18 Å². The van der Waals surface area contributed by atoms with E-state index in [1.54, 1.807) is 0 Å². The fraction of sp³-hybridized carbons (Fsp3) is 0.455. The van der Waals surface area contributed by atoms with Gasteiger partial charge in [0.25, 0.3) is 5.95 Å². The van der Waals surface area contributed by atoms with Gasteiger partial charge in [0, 0.05) is 19.3 Å². The summed E-state index contributed by atoms with van der Waals surface area (Å²) in [6.07, 6.45) is -0.906. The number of anilines is 1. The molecule has 1 fully saturated rings. The maximum Gasteiger partial charge on any atom is 0.419 e. The highest BCUT2D eigenvalue weighted by Crippen LogP contribution is 2.29. The van der Waals surface area contributed by atoms with E-state index in [0.29, 0.717) is 12.1 Å². The molecule has 0 saturated carbocycles. The van der Waals surface area contributed by atoms with E-state index in [9.17, 15) is 13.2 Å². The lowest BCUT2D eigenvalue weighted by atomic mass is 10.4. The second-order valence-corrected chi connectivity index (χ2v) is 4.91. The number of hydrogen-bond acceptors (Lipinski definition) is 5. The largest absolute Gasteiger partial charge is 0.419 e. The van der Waals surface area contributed by atoms with Crippen molar-refractivity contribution in [3.05, 3.63) is 23.2 Å². The second-order valence-electron chi connectivity index (χ2n) is 4.57. The number of aromatic nitrogens is 5. The van der Waals surface area contributed by atoms with Crippen molar-refractivity contribution in [3.63, 3.8) is 0 Å². The quantitative estimate of drug-likeness (QED) is 0.850. The zero-order chi connectivity index (χ0) is 15.0. The summed E-state index contributed by atoms with van der Waals surface area (Å²) in [5.41, 5.74) is -0.873. The minimum absolute atomic E-state index is 0.0348. The van der Waals surface area contributed by atoms with Crippen molar-refractivity contribution >= 4 is 17.5 Å². The van der Waals surface area contributed by atoms with E-state index in [4.69, 9.17) is 11.6 Å². The van der Waals surface area contributed by atoms with Crippen LogP contribution in [0.4, 0.5) is 19.1 Å². The molecule has 0 atom stereocenters. The fourth-order valence-electron chi connectivity index (χ4n) is 2.07. The summed E-state index contributed by atoms with van der Waals surface area (Å²) in [4.78, 5) is 13.9. The van der Waals surface area contributed by atoms with Crippen LogP contribution in [0, 0.1) is 0 Å². The lowest BCUT2D eigenvalue weighted by molar-refractivity contribution is -0.137. The molecule has 112 valence electrons. The molecule has 3 rings (SSSR count). The number of rotatable bonds is 2. The Kier molecular flexibility index (Phi) is 3.44. The van der Waals surface area contributed by atoms with Crippen LogP contribution in [0.2, 0.25) is 5.28 Å². The summed E-state index contributed by atoms with van der Waals surface area (Å²) in [7, 11) is 0. The first-order chi connectivity index (χ1) is 9.93. The van der Waals surface area contributed by atoms with Crippen LogP contribution in [0.1, 0.15) is 18.4 Å². The van der Waals surface area contributed by atoms with Gasteiger partial charge in [-0.2, -0.15) is 33.2 Å². The summed E-state index contributed by atoms with van der Waals surface area (Å²) in [6, 6.07) is 0. The smallest absolute Gasteiger partial charge is 0.341 e. The number of halogens is 4. The standard InChI is InChI=1S/C11H10ClF3N6/c12-8-17-9(20-3-1-2-4-20)19-10(18-8)21-6-7(5-16-21)11(13,14)15/h5-6H,1-4H2. The topological polar surface area (TPSA) is 59.7 Å². The van der Waals surface area contributed by atoms with Crippen molar-refractivity contribution in [2.45, 2.75) is 19.0 Å². The molecule has 2 aromatic rings. The van der Waals surface area contributed by atoms with E-state index in [-0.39, 0.29) is 11.2 Å². The molecule has 6 nitrogen and oxygen atoms in total. The molecule has 21 heavy (non-hydrogen) atoms. The van der Waals surface area contributed by atoms with Crippen molar-refractivity contribution in [2.75, 3.05) is 18.0 Å². The van der Waals surface area contributed by atoms with Gasteiger partial charge in [-0.1, -0.05) is 0 Å². The molecule has 0 aromatic carbocycles. The molecule has 1 aliphatic heterocycles. The highest BCUT2D eigenvalue weighted by molar-refractivity contribution is 6.28. The SMILES string of the molecule is FC(F)(F)c1cnn(-c2nc(Cl)nc(N3CCCC3)n2)c1. The van der Waals surface area contributed by atoms with E-state index in [1.165, 1.54) is 0 Å².